The zero-order valence-corrected chi connectivity index (χ0v) is 18.7. The van der Waals surface area contributed by atoms with E-state index in [2.05, 4.69) is 25.6 Å². The number of aliphatic imine (C=N–C) groups is 1. The number of nitrogens with one attached hydrogen (secondary N) is 3. The van der Waals surface area contributed by atoms with Gasteiger partial charge < -0.3 is 15.6 Å². The number of amides is 3. The highest BCUT2D eigenvalue weighted by Gasteiger charge is 2.26. The van der Waals surface area contributed by atoms with Crippen LogP contribution in [-0.2, 0) is 0 Å². The van der Waals surface area contributed by atoms with Gasteiger partial charge in [-0.05, 0) is 55.0 Å². The molecular weight excluding hydrogens is 466 g/mol. The number of rotatable bonds is 4. The first kappa shape index (κ1) is 22.6. The fraction of sp³-hybridized carbons (Fsp3) is 0.0385. The third-order valence-corrected chi connectivity index (χ3v) is 5.59. The molecule has 0 radical (unpaired) electrons. The lowest BCUT2D eigenvalue weighted by atomic mass is 9.92. The van der Waals surface area contributed by atoms with Crippen molar-refractivity contribution < 1.29 is 18.4 Å². The minimum atomic E-state index is -0.770. The Morgan fingerprint density at radius 3 is 2.28 bits per heavy atom. The molecule has 0 aliphatic carbocycles. The van der Waals surface area contributed by atoms with E-state index in [0.717, 1.165) is 17.8 Å². The summed E-state index contributed by atoms with van der Waals surface area (Å²) < 4.78 is 28.9. The van der Waals surface area contributed by atoms with Gasteiger partial charge in [0.2, 0.25) is 0 Å². The van der Waals surface area contributed by atoms with Crippen molar-refractivity contribution in [3.05, 3.63) is 88.7 Å². The molecule has 0 unspecified atom stereocenters. The van der Waals surface area contributed by atoms with Gasteiger partial charge in [-0.2, -0.15) is 5.26 Å². The van der Waals surface area contributed by atoms with Crippen LogP contribution in [0.4, 0.5) is 25.0 Å². The number of nitriles is 1. The Morgan fingerprint density at radius 1 is 0.972 bits per heavy atom. The van der Waals surface area contributed by atoms with Gasteiger partial charge in [0, 0.05) is 46.2 Å². The van der Waals surface area contributed by atoms with Crippen LogP contribution in [0.1, 0.15) is 27.2 Å². The second kappa shape index (κ2) is 8.88. The van der Waals surface area contributed by atoms with Gasteiger partial charge in [0.05, 0.1) is 11.1 Å². The molecule has 1 aliphatic heterocycles. The lowest BCUT2D eigenvalue weighted by Crippen LogP contribution is -2.19. The van der Waals surface area contributed by atoms with Crippen LogP contribution < -0.4 is 10.6 Å². The van der Waals surface area contributed by atoms with Gasteiger partial charge in [0.1, 0.15) is 23.5 Å². The number of aromatic nitrogens is 2. The lowest BCUT2D eigenvalue weighted by molar-refractivity contribution is 0.101. The summed E-state index contributed by atoms with van der Waals surface area (Å²) in [4.78, 5) is 36.0. The molecule has 10 heteroatoms. The van der Waals surface area contributed by atoms with Crippen molar-refractivity contribution in [2.45, 2.75) is 6.92 Å². The van der Waals surface area contributed by atoms with Gasteiger partial charge in [-0.3, -0.25) is 4.79 Å². The second-order valence-electron chi connectivity index (χ2n) is 8.01. The van der Waals surface area contributed by atoms with Gasteiger partial charge in [-0.15, -0.1) is 0 Å². The molecule has 0 atom stereocenters. The van der Waals surface area contributed by atoms with Crippen LogP contribution in [0.3, 0.4) is 0 Å². The normalized spacial score (nSPS) is 11.8. The third kappa shape index (κ3) is 4.10. The molecule has 0 spiro atoms. The summed E-state index contributed by atoms with van der Waals surface area (Å²) in [6, 6.07) is 12.1. The van der Waals surface area contributed by atoms with Crippen molar-refractivity contribution in [2.24, 2.45) is 4.99 Å². The average molecular weight is 482 g/mol. The largest absolute Gasteiger partial charge is 0.342 e. The topological polar surface area (TPSA) is 123 Å². The number of urea groups is 1. The standard InChI is InChI=1S/C26H16F2N6O2/c1-13-11-30-24(32-13)19-7-6-17(20-12-31-25(35)23(19)20)18-5-4-16(9-22(18)28)34-26(36)33-15-3-2-14(10-29)21(27)8-15/h2-9,11-12H,1H3,(H,30,32)(H2,33,34,36). The summed E-state index contributed by atoms with van der Waals surface area (Å²) in [6.07, 6.45) is 3.05. The zero-order valence-electron chi connectivity index (χ0n) is 18.7. The SMILES string of the molecule is Cc1cnc(-c2ccc(-c3ccc(NC(=O)Nc4ccc(C#N)c(F)c4)cc3F)c3c2C(=O)N=C3)[nH]1. The highest BCUT2D eigenvalue weighted by Crippen LogP contribution is 2.36. The molecule has 2 heterocycles. The Hall–Kier alpha value is -5.17. The van der Waals surface area contributed by atoms with Gasteiger partial charge in [-0.25, -0.2) is 23.6 Å². The maximum Gasteiger partial charge on any atom is 0.323 e. The summed E-state index contributed by atoms with van der Waals surface area (Å²) in [6.45, 7) is 1.84. The molecule has 1 aromatic heterocycles. The number of anilines is 2. The number of benzene rings is 3. The van der Waals surface area contributed by atoms with E-state index in [1.165, 1.54) is 30.5 Å². The smallest absolute Gasteiger partial charge is 0.323 e. The summed E-state index contributed by atoms with van der Waals surface area (Å²) in [7, 11) is 0. The van der Waals surface area contributed by atoms with Crippen molar-refractivity contribution in [3.63, 3.8) is 0 Å². The lowest BCUT2D eigenvalue weighted by Gasteiger charge is -2.13. The van der Waals surface area contributed by atoms with Crippen LogP contribution in [0.5, 0.6) is 0 Å². The van der Waals surface area contributed by atoms with Gasteiger partial charge in [-0.1, -0.05) is 6.07 Å². The molecule has 0 saturated carbocycles. The number of fused-ring (bicyclic) bond motifs is 1. The Kier molecular flexibility index (Phi) is 5.58. The molecule has 0 fully saturated rings. The zero-order chi connectivity index (χ0) is 25.4. The highest BCUT2D eigenvalue weighted by molar-refractivity contribution is 6.19. The molecular formula is C26H16F2N6O2. The number of nitrogens with zero attached hydrogens (tertiary/aromatic N) is 3. The van der Waals surface area contributed by atoms with Crippen molar-refractivity contribution >= 4 is 29.5 Å². The second-order valence-corrected chi connectivity index (χ2v) is 8.01. The van der Waals surface area contributed by atoms with E-state index >= 15 is 4.39 Å². The monoisotopic (exact) mass is 482 g/mol. The summed E-state index contributed by atoms with van der Waals surface area (Å²) >= 11 is 0. The quantitative estimate of drug-likeness (QED) is 0.359. The predicted molar refractivity (Wildman–Crippen MR) is 130 cm³/mol. The van der Waals surface area contributed by atoms with Crippen molar-refractivity contribution in [3.8, 4) is 28.6 Å². The van der Waals surface area contributed by atoms with E-state index in [-0.39, 0.29) is 22.5 Å². The molecule has 3 N–H and O–H groups in total. The predicted octanol–water partition coefficient (Wildman–Crippen LogP) is 5.42. The van der Waals surface area contributed by atoms with Crippen LogP contribution in [0.2, 0.25) is 0 Å². The number of aryl methyl sites for hydroxylation is 1. The van der Waals surface area contributed by atoms with Gasteiger partial charge in [0.25, 0.3) is 5.91 Å². The number of carbonyl (C=O) groups is 2. The van der Waals surface area contributed by atoms with E-state index < -0.39 is 23.6 Å². The van der Waals surface area contributed by atoms with Crippen LogP contribution in [0.15, 0.2) is 59.7 Å². The molecule has 5 rings (SSSR count). The van der Waals surface area contributed by atoms with Crippen LogP contribution in [-0.4, -0.2) is 28.1 Å². The minimum Gasteiger partial charge on any atom is -0.342 e. The summed E-state index contributed by atoms with van der Waals surface area (Å²) in [5, 5.41) is 13.7. The molecule has 8 nitrogen and oxygen atoms in total. The van der Waals surface area contributed by atoms with Crippen molar-refractivity contribution in [1.29, 1.82) is 5.26 Å². The number of aromatic amines is 1. The number of halogens is 2. The maximum absolute atomic E-state index is 15.1. The number of hydrogen-bond acceptors (Lipinski definition) is 4. The van der Waals surface area contributed by atoms with E-state index in [1.807, 2.05) is 6.92 Å². The first-order chi connectivity index (χ1) is 17.3. The summed E-state index contributed by atoms with van der Waals surface area (Å²) in [5.41, 5.74) is 3.03. The summed E-state index contributed by atoms with van der Waals surface area (Å²) in [5.74, 6) is -1.32. The maximum atomic E-state index is 15.1. The van der Waals surface area contributed by atoms with Crippen LogP contribution in [0, 0.1) is 29.9 Å². The van der Waals surface area contributed by atoms with Gasteiger partial charge in [0.15, 0.2) is 0 Å². The van der Waals surface area contributed by atoms with Gasteiger partial charge >= 0.3 is 6.03 Å². The van der Waals surface area contributed by atoms with Crippen LogP contribution in [0.25, 0.3) is 22.5 Å². The molecule has 0 saturated heterocycles. The fourth-order valence-corrected chi connectivity index (χ4v) is 3.94. The first-order valence-corrected chi connectivity index (χ1v) is 10.7. The Balaban J connectivity index is 1.40. The molecule has 1 aliphatic rings. The van der Waals surface area contributed by atoms with Crippen molar-refractivity contribution in [1.82, 2.24) is 9.97 Å². The Bertz CT molecular complexity index is 1630. The molecule has 4 aromatic rings. The third-order valence-electron chi connectivity index (χ3n) is 5.59. The fourth-order valence-electron chi connectivity index (χ4n) is 3.94. The minimum absolute atomic E-state index is 0.132. The highest BCUT2D eigenvalue weighted by atomic mass is 19.1. The van der Waals surface area contributed by atoms with E-state index in [1.54, 1.807) is 24.4 Å². The van der Waals surface area contributed by atoms with E-state index in [9.17, 15) is 14.0 Å². The number of carbonyl (C=O) groups excluding carboxylic acids is 2. The van der Waals surface area contributed by atoms with E-state index in [4.69, 9.17) is 5.26 Å². The number of H-pyrrole nitrogens is 1. The molecule has 176 valence electrons. The molecule has 3 amide bonds. The molecule has 3 aromatic carbocycles. The van der Waals surface area contributed by atoms with E-state index in [0.29, 0.717) is 28.1 Å². The molecule has 0 bridgehead atoms. The number of imidazole rings is 1. The number of hydrogen-bond donors (Lipinski definition) is 3. The average Bonchev–Trinajstić information content (AvgIpc) is 3.45. The molecule has 36 heavy (non-hydrogen) atoms. The first-order valence-electron chi connectivity index (χ1n) is 10.7. The Morgan fingerprint density at radius 2 is 1.64 bits per heavy atom. The van der Waals surface area contributed by atoms with Crippen LogP contribution >= 0.6 is 0 Å². The Labute approximate surface area is 203 Å². The van der Waals surface area contributed by atoms with Crippen molar-refractivity contribution in [2.75, 3.05) is 10.6 Å².